The zero-order valence-electron chi connectivity index (χ0n) is 12.8. The highest BCUT2D eigenvalue weighted by molar-refractivity contribution is 5.69. The van der Waals surface area contributed by atoms with Crippen molar-refractivity contribution >= 4 is 5.97 Å². The number of carboxylic acids is 1. The van der Waals surface area contributed by atoms with Gasteiger partial charge < -0.3 is 20.8 Å². The number of hydrogen-bond acceptors (Lipinski definition) is 3. The topological polar surface area (TPSA) is 92.5 Å². The van der Waals surface area contributed by atoms with Crippen LogP contribution in [-0.2, 0) is 4.79 Å². The second-order valence-corrected chi connectivity index (χ2v) is 5.32. The molecule has 0 aliphatic heterocycles. The van der Waals surface area contributed by atoms with Gasteiger partial charge in [0.25, 0.3) is 0 Å². The number of nitrogens with zero attached hydrogens (tertiary/aromatic N) is 1. The summed E-state index contributed by atoms with van der Waals surface area (Å²) in [6.45, 7) is 5.12. The standard InChI is InChI=1S/C8H16O2.C5H14NO.H3N/c1-3-5-6-7(4-2)8(9)10;1-6(2,3)4-5-7;/h7H,3-6H2,1-2H3,(H,9,10);7H,4-5H2,1-3H3;1H3/q;+1;. The Morgan fingerprint density at radius 3 is 1.89 bits per heavy atom. The van der Waals surface area contributed by atoms with Gasteiger partial charge in [0.2, 0.25) is 0 Å². The monoisotopic (exact) mass is 265 g/mol. The van der Waals surface area contributed by atoms with Crippen LogP contribution >= 0.6 is 0 Å². The number of hydrogen-bond donors (Lipinski definition) is 3. The van der Waals surface area contributed by atoms with Crippen molar-refractivity contribution in [2.45, 2.75) is 39.5 Å². The van der Waals surface area contributed by atoms with Gasteiger partial charge in [0.1, 0.15) is 6.54 Å². The summed E-state index contributed by atoms with van der Waals surface area (Å²) >= 11 is 0. The van der Waals surface area contributed by atoms with Crippen LogP contribution < -0.4 is 6.15 Å². The van der Waals surface area contributed by atoms with Gasteiger partial charge in [0.05, 0.1) is 33.7 Å². The third-order valence-corrected chi connectivity index (χ3v) is 2.52. The molecule has 0 saturated heterocycles. The Hall–Kier alpha value is -0.650. The van der Waals surface area contributed by atoms with Gasteiger partial charge in [-0.1, -0.05) is 26.7 Å². The first-order valence-corrected chi connectivity index (χ1v) is 6.42. The minimum atomic E-state index is -0.643. The van der Waals surface area contributed by atoms with E-state index in [1.807, 2.05) is 6.92 Å². The number of carbonyl (C=O) groups is 1. The summed E-state index contributed by atoms with van der Waals surface area (Å²) in [4.78, 5) is 10.4. The van der Waals surface area contributed by atoms with Crippen molar-refractivity contribution in [1.82, 2.24) is 6.15 Å². The fourth-order valence-electron chi connectivity index (χ4n) is 1.25. The highest BCUT2D eigenvalue weighted by Gasteiger charge is 2.12. The van der Waals surface area contributed by atoms with E-state index in [1.54, 1.807) is 0 Å². The van der Waals surface area contributed by atoms with Crippen LogP contribution in [0, 0.1) is 5.92 Å². The lowest BCUT2D eigenvalue weighted by atomic mass is 10.00. The number of aliphatic hydroxyl groups is 1. The summed E-state index contributed by atoms with van der Waals surface area (Å²) in [5.74, 6) is -0.754. The summed E-state index contributed by atoms with van der Waals surface area (Å²) < 4.78 is 0.844. The average molecular weight is 265 g/mol. The molecule has 0 aliphatic carbocycles. The maximum absolute atomic E-state index is 10.4. The SMILES string of the molecule is CCCCC(CC)C(=O)O.C[N+](C)(C)CCO.N. The zero-order valence-corrected chi connectivity index (χ0v) is 12.8. The molecule has 0 rings (SSSR count). The molecule has 0 heterocycles. The van der Waals surface area contributed by atoms with Gasteiger partial charge in [-0.05, 0) is 12.8 Å². The first-order chi connectivity index (χ1) is 7.78. The third kappa shape index (κ3) is 17.7. The quantitative estimate of drug-likeness (QED) is 0.615. The second-order valence-electron chi connectivity index (χ2n) is 5.32. The van der Waals surface area contributed by atoms with Gasteiger partial charge in [-0.25, -0.2) is 0 Å². The van der Waals surface area contributed by atoms with Crippen LogP contribution in [0.5, 0.6) is 0 Å². The van der Waals surface area contributed by atoms with E-state index in [0.29, 0.717) is 0 Å². The van der Waals surface area contributed by atoms with Crippen LogP contribution in [0.15, 0.2) is 0 Å². The molecule has 0 saturated carbocycles. The molecule has 112 valence electrons. The summed E-state index contributed by atoms with van der Waals surface area (Å²) in [5.41, 5.74) is 0. The van der Waals surface area contributed by atoms with E-state index >= 15 is 0 Å². The fourth-order valence-corrected chi connectivity index (χ4v) is 1.25. The number of unbranched alkanes of at least 4 members (excludes halogenated alkanes) is 1. The molecule has 0 aliphatic rings. The van der Waals surface area contributed by atoms with Gasteiger partial charge in [-0.2, -0.15) is 0 Å². The Morgan fingerprint density at radius 1 is 1.22 bits per heavy atom. The van der Waals surface area contributed by atoms with Crippen LogP contribution in [0.4, 0.5) is 0 Å². The lowest BCUT2D eigenvalue weighted by molar-refractivity contribution is -0.870. The van der Waals surface area contributed by atoms with Gasteiger partial charge in [0.15, 0.2) is 0 Å². The van der Waals surface area contributed by atoms with Crippen LogP contribution in [0.3, 0.4) is 0 Å². The highest BCUT2D eigenvalue weighted by Crippen LogP contribution is 2.11. The normalized spacial score (nSPS) is 11.9. The van der Waals surface area contributed by atoms with Crippen molar-refractivity contribution in [3.8, 4) is 0 Å². The summed E-state index contributed by atoms with van der Waals surface area (Å²) in [7, 11) is 6.16. The maximum atomic E-state index is 10.4. The minimum absolute atomic E-state index is 0. The minimum Gasteiger partial charge on any atom is -0.481 e. The maximum Gasteiger partial charge on any atom is 0.306 e. The highest BCUT2D eigenvalue weighted by atomic mass is 16.4. The van der Waals surface area contributed by atoms with Crippen molar-refractivity contribution in [3.63, 3.8) is 0 Å². The van der Waals surface area contributed by atoms with E-state index < -0.39 is 5.97 Å². The van der Waals surface area contributed by atoms with E-state index in [4.69, 9.17) is 10.2 Å². The van der Waals surface area contributed by atoms with Crippen LogP contribution in [0.1, 0.15) is 39.5 Å². The van der Waals surface area contributed by atoms with E-state index in [9.17, 15) is 4.79 Å². The summed E-state index contributed by atoms with van der Waals surface area (Å²) in [6, 6.07) is 0. The number of quaternary nitrogens is 1. The Kier molecular flexibility index (Phi) is 16.0. The number of aliphatic carboxylic acids is 1. The molecule has 0 spiro atoms. The van der Waals surface area contributed by atoms with Crippen LogP contribution in [-0.4, -0.2) is 55.0 Å². The van der Waals surface area contributed by atoms with E-state index in [1.165, 1.54) is 0 Å². The van der Waals surface area contributed by atoms with Gasteiger partial charge in [0, 0.05) is 0 Å². The Balaban J connectivity index is -0.000000251. The van der Waals surface area contributed by atoms with Gasteiger partial charge >= 0.3 is 5.97 Å². The number of rotatable bonds is 7. The lowest BCUT2D eigenvalue weighted by Gasteiger charge is -2.21. The molecular weight excluding hydrogens is 232 g/mol. The average Bonchev–Trinajstić information content (AvgIpc) is 2.17. The zero-order chi connectivity index (χ0) is 13.9. The number of likely N-dealkylation sites (N-methyl/N-ethyl adjacent to an activating group) is 1. The van der Waals surface area contributed by atoms with Crippen LogP contribution in [0.2, 0.25) is 0 Å². The molecule has 0 aromatic carbocycles. The summed E-state index contributed by atoms with van der Waals surface area (Å²) in [6.07, 6.45) is 3.71. The summed E-state index contributed by atoms with van der Waals surface area (Å²) in [5, 5.41) is 17.0. The molecule has 0 radical (unpaired) electrons. The molecule has 1 atom stereocenters. The van der Waals surface area contributed by atoms with E-state index in [2.05, 4.69) is 28.1 Å². The van der Waals surface area contributed by atoms with E-state index in [0.717, 1.165) is 36.7 Å². The number of carboxylic acid groups (broad SMARTS) is 1. The largest absolute Gasteiger partial charge is 0.481 e. The molecule has 0 aromatic rings. The molecular formula is C13H33N2O3+. The Bertz CT molecular complexity index is 191. The van der Waals surface area contributed by atoms with Crippen molar-refractivity contribution in [2.24, 2.45) is 5.92 Å². The third-order valence-electron chi connectivity index (χ3n) is 2.52. The van der Waals surface area contributed by atoms with Crippen molar-refractivity contribution in [2.75, 3.05) is 34.3 Å². The van der Waals surface area contributed by atoms with Crippen molar-refractivity contribution in [1.29, 1.82) is 0 Å². The molecule has 0 fully saturated rings. The predicted octanol–water partition coefficient (Wildman–Crippen LogP) is 2.13. The first-order valence-electron chi connectivity index (χ1n) is 6.42. The van der Waals surface area contributed by atoms with Gasteiger partial charge in [-0.15, -0.1) is 0 Å². The molecule has 1 unspecified atom stereocenters. The molecule has 0 bridgehead atoms. The molecule has 5 nitrogen and oxygen atoms in total. The molecule has 18 heavy (non-hydrogen) atoms. The molecule has 5 N–H and O–H groups in total. The molecule has 5 heteroatoms. The van der Waals surface area contributed by atoms with E-state index in [-0.39, 0.29) is 18.7 Å². The van der Waals surface area contributed by atoms with Gasteiger partial charge in [-0.3, -0.25) is 4.79 Å². The predicted molar refractivity (Wildman–Crippen MR) is 75.9 cm³/mol. The van der Waals surface area contributed by atoms with Crippen molar-refractivity contribution < 1.29 is 19.5 Å². The second kappa shape index (κ2) is 12.8. The number of aliphatic hydroxyl groups excluding tert-OH is 1. The van der Waals surface area contributed by atoms with Crippen molar-refractivity contribution in [3.05, 3.63) is 0 Å². The lowest BCUT2D eigenvalue weighted by Crippen LogP contribution is -2.36. The Morgan fingerprint density at radius 2 is 1.72 bits per heavy atom. The first kappa shape index (κ1) is 22.5. The smallest absolute Gasteiger partial charge is 0.306 e. The fraction of sp³-hybridized carbons (Fsp3) is 0.923. The molecule has 0 aromatic heterocycles. The Labute approximate surface area is 112 Å². The van der Waals surface area contributed by atoms with Crippen LogP contribution in [0.25, 0.3) is 0 Å². The molecule has 0 amide bonds.